The van der Waals surface area contributed by atoms with Crippen molar-refractivity contribution in [2.24, 2.45) is 4.99 Å². The number of aliphatic imine (C=N–C) groups is 1. The van der Waals surface area contributed by atoms with Crippen LogP contribution >= 0.6 is 0 Å². The number of hydrazine groups is 1. The third-order valence-electron chi connectivity index (χ3n) is 5.83. The molecule has 33 heavy (non-hydrogen) atoms. The number of nitrogens with one attached hydrogen (secondary N) is 1. The van der Waals surface area contributed by atoms with Crippen LogP contribution in [0.2, 0.25) is 0 Å². The summed E-state index contributed by atoms with van der Waals surface area (Å²) in [6.07, 6.45) is -1.71. The van der Waals surface area contributed by atoms with Gasteiger partial charge in [0, 0.05) is 11.1 Å². The van der Waals surface area contributed by atoms with E-state index in [0.717, 1.165) is 28.3 Å². The van der Waals surface area contributed by atoms with Gasteiger partial charge in [-0.3, -0.25) is 10.4 Å². The molecule has 1 saturated heterocycles. The van der Waals surface area contributed by atoms with Crippen molar-refractivity contribution < 1.29 is 19.7 Å². The average Bonchev–Trinajstić information content (AvgIpc) is 3.33. The van der Waals surface area contributed by atoms with Crippen LogP contribution in [0.25, 0.3) is 11.3 Å². The van der Waals surface area contributed by atoms with Gasteiger partial charge in [0.2, 0.25) is 0 Å². The highest BCUT2D eigenvalue weighted by Crippen LogP contribution is 2.39. The molecule has 0 unspecified atom stereocenters. The summed E-state index contributed by atoms with van der Waals surface area (Å²) in [4.78, 5) is 4.63. The smallest absolute Gasteiger partial charge is 0.181 e. The molecular formula is C24H27N5O4. The number of anilines is 1. The third-order valence-corrected chi connectivity index (χ3v) is 5.83. The summed E-state index contributed by atoms with van der Waals surface area (Å²) >= 11 is 0. The zero-order valence-electron chi connectivity index (χ0n) is 18.5. The van der Waals surface area contributed by atoms with Crippen molar-refractivity contribution in [3.63, 3.8) is 0 Å². The Kier molecular flexibility index (Phi) is 5.76. The highest BCUT2D eigenvalue weighted by Gasteiger charge is 2.43. The Balaban J connectivity index is 1.46. The molecule has 172 valence electrons. The first-order valence-electron chi connectivity index (χ1n) is 11.0. The van der Waals surface area contributed by atoms with Crippen molar-refractivity contribution in [2.75, 3.05) is 12.0 Å². The molecule has 0 aliphatic carbocycles. The fourth-order valence-corrected chi connectivity index (χ4v) is 4.14. The molecule has 2 aliphatic heterocycles. The Morgan fingerprint density at radius 2 is 1.85 bits per heavy atom. The van der Waals surface area contributed by atoms with Crippen molar-refractivity contribution in [3.05, 3.63) is 60.2 Å². The van der Waals surface area contributed by atoms with Gasteiger partial charge in [-0.05, 0) is 38.1 Å². The van der Waals surface area contributed by atoms with Crippen molar-refractivity contribution in [1.29, 1.82) is 0 Å². The van der Waals surface area contributed by atoms with Gasteiger partial charge in [-0.1, -0.05) is 30.3 Å². The van der Waals surface area contributed by atoms with Crippen LogP contribution in [0.5, 0.6) is 5.75 Å². The molecule has 3 aromatic rings. The standard InChI is InChI=1S/C24H27N5O4/c1-3-32-18-11-9-17(10-12-18)26-28-13-19-20(16-7-5-4-6-8-16)27-29(23(19)25-14-28)24-22(31)21(30)15(2)33-24/h4-12,14-15,21-22,24,26,30-31H,3,13H2,1-2H3/t15-,21-,22-,24-/m1/s1. The quantitative estimate of drug-likeness (QED) is 0.531. The SMILES string of the molecule is CCOc1ccc(NN2C=Nc3c(c(-c4ccccc4)nn3[C@@H]3O[C@H](C)[C@@H](O)[C@H]3O)C2)cc1. The molecule has 3 N–H and O–H groups in total. The number of aliphatic hydroxyl groups is 2. The third kappa shape index (κ3) is 4.06. The molecular weight excluding hydrogens is 422 g/mol. The first kappa shape index (κ1) is 21.4. The van der Waals surface area contributed by atoms with Crippen LogP contribution < -0.4 is 10.2 Å². The number of rotatable bonds is 6. The van der Waals surface area contributed by atoms with Crippen molar-refractivity contribution in [1.82, 2.24) is 14.8 Å². The maximum Gasteiger partial charge on any atom is 0.181 e. The number of benzene rings is 2. The Morgan fingerprint density at radius 1 is 1.09 bits per heavy atom. The van der Waals surface area contributed by atoms with Crippen molar-refractivity contribution >= 4 is 17.8 Å². The van der Waals surface area contributed by atoms with Crippen LogP contribution in [-0.2, 0) is 11.3 Å². The lowest BCUT2D eigenvalue weighted by atomic mass is 10.1. The summed E-state index contributed by atoms with van der Waals surface area (Å²) in [5, 5.41) is 27.4. The Morgan fingerprint density at radius 3 is 2.52 bits per heavy atom. The Labute approximate surface area is 191 Å². The molecule has 9 nitrogen and oxygen atoms in total. The zero-order chi connectivity index (χ0) is 22.9. The van der Waals surface area contributed by atoms with Gasteiger partial charge < -0.3 is 19.7 Å². The predicted octanol–water partition coefficient (Wildman–Crippen LogP) is 3.09. The summed E-state index contributed by atoms with van der Waals surface area (Å²) in [7, 11) is 0. The zero-order valence-corrected chi connectivity index (χ0v) is 18.5. The highest BCUT2D eigenvalue weighted by molar-refractivity contribution is 5.74. The number of ether oxygens (including phenoxy) is 2. The minimum atomic E-state index is -1.09. The summed E-state index contributed by atoms with van der Waals surface area (Å²) in [6.45, 7) is 4.80. The van der Waals surface area contributed by atoms with Gasteiger partial charge >= 0.3 is 0 Å². The highest BCUT2D eigenvalue weighted by atomic mass is 16.6. The number of nitrogens with zero attached hydrogens (tertiary/aromatic N) is 4. The molecule has 0 amide bonds. The van der Waals surface area contributed by atoms with E-state index in [-0.39, 0.29) is 0 Å². The van der Waals surface area contributed by atoms with Crippen LogP contribution in [0, 0.1) is 0 Å². The molecule has 2 aliphatic rings. The number of aliphatic hydroxyl groups excluding tert-OH is 2. The van der Waals surface area contributed by atoms with E-state index < -0.39 is 24.5 Å². The molecule has 4 atom stereocenters. The van der Waals surface area contributed by atoms with Gasteiger partial charge in [-0.15, -0.1) is 0 Å². The van der Waals surface area contributed by atoms with E-state index >= 15 is 0 Å². The lowest BCUT2D eigenvalue weighted by Crippen LogP contribution is -2.31. The second-order valence-corrected chi connectivity index (χ2v) is 8.12. The van der Waals surface area contributed by atoms with E-state index in [0.29, 0.717) is 19.0 Å². The van der Waals surface area contributed by atoms with Gasteiger partial charge in [-0.25, -0.2) is 9.67 Å². The van der Waals surface area contributed by atoms with E-state index in [1.807, 2.05) is 66.5 Å². The van der Waals surface area contributed by atoms with E-state index in [1.165, 1.54) is 0 Å². The van der Waals surface area contributed by atoms with E-state index in [1.54, 1.807) is 17.9 Å². The Bertz CT molecular complexity index is 1130. The topological polar surface area (TPSA) is 104 Å². The maximum atomic E-state index is 10.5. The van der Waals surface area contributed by atoms with Crippen LogP contribution in [0.3, 0.4) is 0 Å². The summed E-state index contributed by atoms with van der Waals surface area (Å²) in [5.74, 6) is 1.42. The molecule has 1 fully saturated rings. The number of hydrogen-bond donors (Lipinski definition) is 3. The molecule has 5 rings (SSSR count). The van der Waals surface area contributed by atoms with E-state index in [2.05, 4.69) is 10.4 Å². The van der Waals surface area contributed by atoms with E-state index in [4.69, 9.17) is 14.6 Å². The fourth-order valence-electron chi connectivity index (χ4n) is 4.14. The van der Waals surface area contributed by atoms with Crippen LogP contribution in [0.4, 0.5) is 11.5 Å². The summed E-state index contributed by atoms with van der Waals surface area (Å²) in [5.41, 5.74) is 6.83. The first-order valence-corrected chi connectivity index (χ1v) is 11.0. The molecule has 0 saturated carbocycles. The minimum absolute atomic E-state index is 0.497. The van der Waals surface area contributed by atoms with Crippen LogP contribution in [0.15, 0.2) is 59.6 Å². The molecule has 0 spiro atoms. The van der Waals surface area contributed by atoms with Crippen LogP contribution in [0.1, 0.15) is 25.6 Å². The van der Waals surface area contributed by atoms with Gasteiger partial charge in [0.05, 0.1) is 30.6 Å². The second kappa shape index (κ2) is 8.86. The summed E-state index contributed by atoms with van der Waals surface area (Å²) in [6, 6.07) is 17.5. The predicted molar refractivity (Wildman–Crippen MR) is 124 cm³/mol. The first-order chi connectivity index (χ1) is 16.0. The fraction of sp³-hybridized carbons (Fsp3) is 0.333. The molecule has 3 heterocycles. The van der Waals surface area contributed by atoms with Crippen molar-refractivity contribution in [2.45, 2.75) is 44.9 Å². The normalized spacial score (nSPS) is 24.1. The molecule has 0 radical (unpaired) electrons. The average molecular weight is 450 g/mol. The monoisotopic (exact) mass is 449 g/mol. The molecule has 1 aromatic heterocycles. The number of hydrogen-bond acceptors (Lipinski definition) is 8. The van der Waals surface area contributed by atoms with E-state index in [9.17, 15) is 10.2 Å². The molecule has 2 aromatic carbocycles. The number of aromatic nitrogens is 2. The summed E-state index contributed by atoms with van der Waals surface area (Å²) < 4.78 is 12.9. The van der Waals surface area contributed by atoms with Gasteiger partial charge in [0.1, 0.15) is 24.3 Å². The van der Waals surface area contributed by atoms with Crippen molar-refractivity contribution in [3.8, 4) is 17.0 Å². The molecule has 0 bridgehead atoms. The van der Waals surface area contributed by atoms with Gasteiger partial charge in [0.15, 0.2) is 12.0 Å². The van der Waals surface area contributed by atoms with Crippen LogP contribution in [-0.4, -0.2) is 56.3 Å². The second-order valence-electron chi connectivity index (χ2n) is 8.12. The largest absolute Gasteiger partial charge is 0.494 e. The Hall–Kier alpha value is -3.40. The van der Waals surface area contributed by atoms with Gasteiger partial charge in [-0.2, -0.15) is 5.10 Å². The number of fused-ring (bicyclic) bond motifs is 1. The lowest BCUT2D eigenvalue weighted by molar-refractivity contribution is -0.0384. The molecule has 9 heteroatoms. The lowest BCUT2D eigenvalue weighted by Gasteiger charge is -2.25. The van der Waals surface area contributed by atoms with Gasteiger partial charge in [0.25, 0.3) is 0 Å². The maximum absolute atomic E-state index is 10.5. The minimum Gasteiger partial charge on any atom is -0.494 e.